The summed E-state index contributed by atoms with van der Waals surface area (Å²) in [5, 5.41) is 9.01. The van der Waals surface area contributed by atoms with Gasteiger partial charge in [-0.05, 0) is 43.5 Å². The maximum Gasteiger partial charge on any atom is 0.257 e. The Hall–Kier alpha value is -3.87. The van der Waals surface area contributed by atoms with E-state index in [1.54, 1.807) is 10.9 Å². The number of nitrogens with zero attached hydrogens (tertiary/aromatic N) is 5. The highest BCUT2D eigenvalue weighted by Gasteiger charge is 2.27. The van der Waals surface area contributed by atoms with Crippen LogP contribution in [0.5, 0.6) is 0 Å². The highest BCUT2D eigenvalue weighted by Crippen LogP contribution is 2.31. The Morgan fingerprint density at radius 1 is 0.971 bits per heavy atom. The first-order valence-corrected chi connectivity index (χ1v) is 12.1. The van der Waals surface area contributed by atoms with Crippen molar-refractivity contribution in [1.82, 2.24) is 19.7 Å². The van der Waals surface area contributed by atoms with Crippen molar-refractivity contribution in [2.75, 3.05) is 36.4 Å². The number of carbonyl (C=O) groups excluding carboxylic acids is 1. The van der Waals surface area contributed by atoms with Crippen LogP contribution in [0.1, 0.15) is 32.7 Å². The number of aryl methyl sites for hydroxylation is 3. The van der Waals surface area contributed by atoms with Gasteiger partial charge in [0.15, 0.2) is 5.65 Å². The number of nitrogens with one attached hydrogen (secondary N) is 1. The van der Waals surface area contributed by atoms with Crippen molar-refractivity contribution >= 4 is 28.3 Å². The van der Waals surface area contributed by atoms with Crippen LogP contribution in [0.25, 0.3) is 11.0 Å². The second kappa shape index (κ2) is 9.41. The third kappa shape index (κ3) is 4.34. The van der Waals surface area contributed by atoms with Crippen LogP contribution < -0.4 is 10.2 Å². The normalized spacial score (nSPS) is 13.9. The molecular formula is C28H32N6O. The van der Waals surface area contributed by atoms with Gasteiger partial charge in [0.25, 0.3) is 5.91 Å². The van der Waals surface area contributed by atoms with Gasteiger partial charge < -0.3 is 15.1 Å². The average Bonchev–Trinajstić information content (AvgIpc) is 3.18. The molecule has 2 aromatic carbocycles. The third-order valence-electron chi connectivity index (χ3n) is 7.05. The lowest BCUT2D eigenvalue weighted by atomic mass is 10.1. The van der Waals surface area contributed by atoms with Gasteiger partial charge >= 0.3 is 0 Å². The number of pyridine rings is 1. The zero-order chi connectivity index (χ0) is 24.5. The summed E-state index contributed by atoms with van der Waals surface area (Å²) < 4.78 is 1.77. The number of carbonyl (C=O) groups is 1. The number of rotatable bonds is 5. The molecule has 35 heavy (non-hydrogen) atoms. The highest BCUT2D eigenvalue weighted by molar-refractivity contribution is 6.07. The van der Waals surface area contributed by atoms with Gasteiger partial charge in [0.2, 0.25) is 0 Å². The molecule has 0 atom stereocenters. The molecular weight excluding hydrogens is 436 g/mol. The fourth-order valence-corrected chi connectivity index (χ4v) is 4.94. The summed E-state index contributed by atoms with van der Waals surface area (Å²) in [5.74, 6) is 0.0128. The van der Waals surface area contributed by atoms with Crippen LogP contribution in [-0.4, -0.2) is 51.8 Å². The Bertz CT molecular complexity index is 1370. The minimum absolute atomic E-state index is 0.0128. The molecule has 4 aromatic rings. The molecule has 3 heterocycles. The number of aromatic nitrogens is 3. The molecule has 180 valence electrons. The number of anilines is 2. The van der Waals surface area contributed by atoms with E-state index in [1.807, 2.05) is 37.1 Å². The topological polar surface area (TPSA) is 66.3 Å². The first-order valence-electron chi connectivity index (χ1n) is 12.1. The number of piperazine rings is 1. The van der Waals surface area contributed by atoms with E-state index in [0.717, 1.165) is 41.1 Å². The number of hydrogen-bond acceptors (Lipinski definition) is 5. The van der Waals surface area contributed by atoms with Crippen molar-refractivity contribution < 1.29 is 4.79 Å². The van der Waals surface area contributed by atoms with E-state index in [0.29, 0.717) is 25.2 Å². The van der Waals surface area contributed by atoms with E-state index in [2.05, 4.69) is 64.5 Å². The summed E-state index contributed by atoms with van der Waals surface area (Å²) in [6, 6.07) is 16.6. The molecule has 1 N–H and O–H groups in total. The summed E-state index contributed by atoms with van der Waals surface area (Å²) in [4.78, 5) is 22.7. The molecule has 5 rings (SSSR count). The Morgan fingerprint density at radius 3 is 2.46 bits per heavy atom. The van der Waals surface area contributed by atoms with E-state index in [1.165, 1.54) is 16.8 Å². The Labute approximate surface area is 206 Å². The van der Waals surface area contributed by atoms with E-state index < -0.39 is 0 Å². The summed E-state index contributed by atoms with van der Waals surface area (Å²) in [6.07, 6.45) is 1.70. The van der Waals surface area contributed by atoms with Crippen molar-refractivity contribution in [2.24, 2.45) is 7.05 Å². The molecule has 1 aliphatic heterocycles. The molecule has 7 nitrogen and oxygen atoms in total. The van der Waals surface area contributed by atoms with Crippen LogP contribution in [-0.2, 0) is 13.6 Å². The van der Waals surface area contributed by atoms with E-state index >= 15 is 0 Å². The molecule has 2 aromatic heterocycles. The number of fused-ring (bicyclic) bond motifs is 1. The first-order chi connectivity index (χ1) is 16.9. The average molecular weight is 469 g/mol. The van der Waals surface area contributed by atoms with Crippen molar-refractivity contribution in [3.05, 3.63) is 82.7 Å². The van der Waals surface area contributed by atoms with Crippen LogP contribution in [0.2, 0.25) is 0 Å². The van der Waals surface area contributed by atoms with E-state index in [-0.39, 0.29) is 5.91 Å². The minimum Gasteiger partial charge on any atom is -0.380 e. The summed E-state index contributed by atoms with van der Waals surface area (Å²) in [5.41, 5.74) is 8.06. The first kappa shape index (κ1) is 22.9. The fraction of sp³-hybridized carbons (Fsp3) is 0.321. The van der Waals surface area contributed by atoms with Gasteiger partial charge in [-0.15, -0.1) is 0 Å². The molecule has 0 saturated carbocycles. The summed E-state index contributed by atoms with van der Waals surface area (Å²) in [7, 11) is 1.89. The fourth-order valence-electron chi connectivity index (χ4n) is 4.94. The van der Waals surface area contributed by atoms with Crippen molar-refractivity contribution in [3.8, 4) is 0 Å². The molecule has 1 fully saturated rings. The molecule has 1 aliphatic rings. The second-order valence-corrected chi connectivity index (χ2v) is 9.29. The van der Waals surface area contributed by atoms with Crippen LogP contribution in [0, 0.1) is 20.8 Å². The molecule has 1 amide bonds. The maximum absolute atomic E-state index is 13.8. The van der Waals surface area contributed by atoms with Gasteiger partial charge in [-0.25, -0.2) is 4.98 Å². The molecule has 1 saturated heterocycles. The van der Waals surface area contributed by atoms with Crippen LogP contribution >= 0.6 is 0 Å². The van der Waals surface area contributed by atoms with Crippen LogP contribution in [0.3, 0.4) is 0 Å². The highest BCUT2D eigenvalue weighted by atomic mass is 16.2. The largest absolute Gasteiger partial charge is 0.380 e. The van der Waals surface area contributed by atoms with Gasteiger partial charge in [-0.3, -0.25) is 9.48 Å². The van der Waals surface area contributed by atoms with Gasteiger partial charge in [-0.1, -0.05) is 42.5 Å². The Balaban J connectivity index is 1.41. The third-order valence-corrected chi connectivity index (χ3v) is 7.05. The van der Waals surface area contributed by atoms with Gasteiger partial charge in [0, 0.05) is 51.7 Å². The molecule has 0 aliphatic carbocycles. The summed E-state index contributed by atoms with van der Waals surface area (Å²) in [6.45, 7) is 9.87. The Morgan fingerprint density at radius 2 is 1.71 bits per heavy atom. The quantitative estimate of drug-likeness (QED) is 0.468. The minimum atomic E-state index is 0.0128. The predicted molar refractivity (Wildman–Crippen MR) is 141 cm³/mol. The standard InChI is InChI=1S/C28H32N6O/c1-19-9-8-12-24(20(19)2)33-13-15-34(16-14-33)28(35)23-18-30-27-25(21(3)31-32(27)4)26(23)29-17-22-10-6-5-7-11-22/h5-12,18H,13-17H2,1-4H3,(H,29,30). The summed E-state index contributed by atoms with van der Waals surface area (Å²) >= 11 is 0. The van der Waals surface area contributed by atoms with Crippen molar-refractivity contribution in [2.45, 2.75) is 27.3 Å². The predicted octanol–water partition coefficient (Wildman–Crippen LogP) is 4.47. The Kier molecular flexibility index (Phi) is 6.16. The molecule has 7 heteroatoms. The van der Waals surface area contributed by atoms with Crippen LogP contribution in [0.15, 0.2) is 54.7 Å². The van der Waals surface area contributed by atoms with Gasteiger partial charge in [-0.2, -0.15) is 5.10 Å². The lowest BCUT2D eigenvalue weighted by Gasteiger charge is -2.37. The zero-order valence-electron chi connectivity index (χ0n) is 20.9. The molecule has 0 spiro atoms. The lowest BCUT2D eigenvalue weighted by molar-refractivity contribution is 0.0747. The number of amides is 1. The number of hydrogen-bond donors (Lipinski definition) is 1. The number of benzene rings is 2. The van der Waals surface area contributed by atoms with Gasteiger partial charge in [0.05, 0.1) is 22.3 Å². The van der Waals surface area contributed by atoms with Crippen LogP contribution in [0.4, 0.5) is 11.4 Å². The molecule has 0 bridgehead atoms. The van der Waals surface area contributed by atoms with E-state index in [4.69, 9.17) is 0 Å². The second-order valence-electron chi connectivity index (χ2n) is 9.29. The SMILES string of the molecule is Cc1cccc(N2CCN(C(=O)c3cnc4c(c(C)nn4C)c3NCc3ccccc3)CC2)c1C. The molecule has 0 radical (unpaired) electrons. The molecule has 0 unspecified atom stereocenters. The maximum atomic E-state index is 13.8. The monoisotopic (exact) mass is 468 g/mol. The lowest BCUT2D eigenvalue weighted by Crippen LogP contribution is -2.49. The van der Waals surface area contributed by atoms with Crippen molar-refractivity contribution in [1.29, 1.82) is 0 Å². The smallest absolute Gasteiger partial charge is 0.257 e. The van der Waals surface area contributed by atoms with E-state index in [9.17, 15) is 4.79 Å². The van der Waals surface area contributed by atoms with Crippen molar-refractivity contribution in [3.63, 3.8) is 0 Å². The zero-order valence-corrected chi connectivity index (χ0v) is 20.9. The van der Waals surface area contributed by atoms with Gasteiger partial charge in [0.1, 0.15) is 0 Å².